The number of aryl methyl sites for hydroxylation is 2. The summed E-state index contributed by atoms with van der Waals surface area (Å²) in [6.07, 6.45) is 0. The molecule has 0 saturated carbocycles. The fourth-order valence-electron chi connectivity index (χ4n) is 1.55. The van der Waals surface area contributed by atoms with Gasteiger partial charge in [-0.15, -0.1) is 0 Å². The van der Waals surface area contributed by atoms with E-state index in [4.69, 9.17) is 0 Å². The van der Waals surface area contributed by atoms with Gasteiger partial charge in [0.05, 0.1) is 12.2 Å². The number of H-pyrrole nitrogens is 1. The summed E-state index contributed by atoms with van der Waals surface area (Å²) in [6.45, 7) is 4.01. The molecule has 2 aromatic rings. The number of aromatic amines is 1. The summed E-state index contributed by atoms with van der Waals surface area (Å²) < 4.78 is 38.6. The summed E-state index contributed by atoms with van der Waals surface area (Å²) in [5.41, 5.74) is 1.96. The molecule has 1 aromatic heterocycles. The van der Waals surface area contributed by atoms with Crippen LogP contribution in [0.5, 0.6) is 0 Å². The Kier molecular flexibility index (Phi) is 3.27. The maximum Gasteiger partial charge on any atom is 0.194 e. The van der Waals surface area contributed by atoms with Crippen molar-refractivity contribution < 1.29 is 13.2 Å². The molecule has 0 fully saturated rings. The van der Waals surface area contributed by atoms with Crippen molar-refractivity contribution in [3.8, 4) is 0 Å². The SMILES string of the molecule is Cc1nc(CNc2cc(F)c(F)c(F)c2)[nH]c1C. The van der Waals surface area contributed by atoms with Crippen molar-refractivity contribution in [3.63, 3.8) is 0 Å². The summed E-state index contributed by atoms with van der Waals surface area (Å²) in [5.74, 6) is -3.26. The number of benzene rings is 1. The highest BCUT2D eigenvalue weighted by molar-refractivity contribution is 5.44. The monoisotopic (exact) mass is 255 g/mol. The first-order valence-electron chi connectivity index (χ1n) is 5.38. The lowest BCUT2D eigenvalue weighted by atomic mass is 10.3. The third kappa shape index (κ3) is 2.47. The Hall–Kier alpha value is -1.98. The summed E-state index contributed by atoms with van der Waals surface area (Å²) >= 11 is 0. The van der Waals surface area contributed by atoms with Gasteiger partial charge < -0.3 is 10.3 Å². The third-order valence-corrected chi connectivity index (χ3v) is 2.62. The van der Waals surface area contributed by atoms with E-state index < -0.39 is 17.5 Å². The van der Waals surface area contributed by atoms with Crippen LogP contribution in [-0.2, 0) is 6.54 Å². The van der Waals surface area contributed by atoms with Crippen molar-refractivity contribution in [2.24, 2.45) is 0 Å². The maximum absolute atomic E-state index is 13.0. The van der Waals surface area contributed by atoms with Crippen molar-refractivity contribution in [1.29, 1.82) is 0 Å². The standard InChI is InChI=1S/C12H12F3N3/c1-6-7(2)18-11(17-6)5-16-8-3-9(13)12(15)10(14)4-8/h3-4,16H,5H2,1-2H3,(H,17,18). The third-order valence-electron chi connectivity index (χ3n) is 2.62. The Morgan fingerprint density at radius 1 is 1.17 bits per heavy atom. The van der Waals surface area contributed by atoms with Crippen LogP contribution in [0.3, 0.4) is 0 Å². The molecule has 1 heterocycles. The van der Waals surface area contributed by atoms with Crippen molar-refractivity contribution in [3.05, 3.63) is 46.8 Å². The van der Waals surface area contributed by atoms with Crippen LogP contribution in [0.25, 0.3) is 0 Å². The molecule has 0 unspecified atom stereocenters. The van der Waals surface area contributed by atoms with Crippen LogP contribution in [0.2, 0.25) is 0 Å². The number of nitrogens with zero attached hydrogens (tertiary/aromatic N) is 1. The van der Waals surface area contributed by atoms with Crippen LogP contribution in [0, 0.1) is 31.3 Å². The number of nitrogens with one attached hydrogen (secondary N) is 2. The number of halogens is 3. The van der Waals surface area contributed by atoms with Crippen molar-refractivity contribution >= 4 is 5.69 Å². The molecule has 2 rings (SSSR count). The lowest BCUT2D eigenvalue weighted by Gasteiger charge is -2.05. The van der Waals surface area contributed by atoms with Crippen LogP contribution in [0.1, 0.15) is 17.2 Å². The van der Waals surface area contributed by atoms with E-state index >= 15 is 0 Å². The van der Waals surface area contributed by atoms with Crippen molar-refractivity contribution in [1.82, 2.24) is 9.97 Å². The lowest BCUT2D eigenvalue weighted by Crippen LogP contribution is -2.03. The Morgan fingerprint density at radius 3 is 2.28 bits per heavy atom. The second-order valence-corrected chi connectivity index (χ2v) is 4.00. The molecule has 0 aliphatic carbocycles. The van der Waals surface area contributed by atoms with Crippen molar-refractivity contribution in [2.75, 3.05) is 5.32 Å². The molecule has 0 amide bonds. The van der Waals surface area contributed by atoms with Gasteiger partial charge in [0.15, 0.2) is 17.5 Å². The fraction of sp³-hybridized carbons (Fsp3) is 0.250. The summed E-state index contributed by atoms with van der Waals surface area (Å²) in [5, 5.41) is 2.77. The van der Waals surface area contributed by atoms with Crippen LogP contribution in [-0.4, -0.2) is 9.97 Å². The molecule has 0 aliphatic heterocycles. The average Bonchev–Trinajstić information content (AvgIpc) is 2.63. The zero-order valence-corrected chi connectivity index (χ0v) is 9.94. The number of hydrogen-bond acceptors (Lipinski definition) is 2. The fourth-order valence-corrected chi connectivity index (χ4v) is 1.55. The number of hydrogen-bond donors (Lipinski definition) is 2. The van der Waals surface area contributed by atoms with E-state index in [-0.39, 0.29) is 12.2 Å². The summed E-state index contributed by atoms with van der Waals surface area (Å²) in [4.78, 5) is 7.23. The van der Waals surface area contributed by atoms with E-state index in [0.717, 1.165) is 23.5 Å². The topological polar surface area (TPSA) is 40.7 Å². The molecule has 6 heteroatoms. The van der Waals surface area contributed by atoms with Gasteiger partial charge >= 0.3 is 0 Å². The highest BCUT2D eigenvalue weighted by Crippen LogP contribution is 2.17. The van der Waals surface area contributed by atoms with Crippen LogP contribution in [0.15, 0.2) is 12.1 Å². The molecule has 1 aromatic carbocycles. The van der Waals surface area contributed by atoms with Crippen molar-refractivity contribution in [2.45, 2.75) is 20.4 Å². The van der Waals surface area contributed by atoms with Gasteiger partial charge in [0.25, 0.3) is 0 Å². The quantitative estimate of drug-likeness (QED) is 0.827. The van der Waals surface area contributed by atoms with Gasteiger partial charge in [0.1, 0.15) is 5.82 Å². The number of imidazole rings is 1. The second kappa shape index (κ2) is 4.72. The molecule has 0 spiro atoms. The lowest BCUT2D eigenvalue weighted by molar-refractivity contribution is 0.447. The van der Waals surface area contributed by atoms with Gasteiger partial charge in [-0.25, -0.2) is 18.2 Å². The Labute approximate surface area is 102 Å². The van der Waals surface area contributed by atoms with Gasteiger partial charge in [0.2, 0.25) is 0 Å². The molecule has 0 saturated heterocycles. The van der Waals surface area contributed by atoms with Gasteiger partial charge in [-0.05, 0) is 13.8 Å². The van der Waals surface area contributed by atoms with E-state index in [2.05, 4.69) is 15.3 Å². The molecule has 3 nitrogen and oxygen atoms in total. The molecule has 0 radical (unpaired) electrons. The minimum Gasteiger partial charge on any atom is -0.378 e. The first-order chi connectivity index (χ1) is 8.47. The molecular formula is C12H12F3N3. The number of rotatable bonds is 3. The smallest absolute Gasteiger partial charge is 0.194 e. The summed E-state index contributed by atoms with van der Waals surface area (Å²) in [7, 11) is 0. The van der Waals surface area contributed by atoms with E-state index in [1.807, 2.05) is 13.8 Å². The van der Waals surface area contributed by atoms with Crippen LogP contribution < -0.4 is 5.32 Å². The molecule has 96 valence electrons. The van der Waals surface area contributed by atoms with Gasteiger partial charge in [-0.3, -0.25) is 0 Å². The Morgan fingerprint density at radius 2 is 1.78 bits per heavy atom. The normalized spacial score (nSPS) is 10.7. The average molecular weight is 255 g/mol. The molecule has 0 bridgehead atoms. The zero-order chi connectivity index (χ0) is 13.3. The minimum absolute atomic E-state index is 0.165. The van der Waals surface area contributed by atoms with Gasteiger partial charge in [-0.2, -0.15) is 0 Å². The highest BCUT2D eigenvalue weighted by Gasteiger charge is 2.10. The van der Waals surface area contributed by atoms with E-state index in [0.29, 0.717) is 5.82 Å². The first-order valence-corrected chi connectivity index (χ1v) is 5.38. The van der Waals surface area contributed by atoms with E-state index in [1.165, 1.54) is 0 Å². The highest BCUT2D eigenvalue weighted by atomic mass is 19.2. The summed E-state index contributed by atoms with van der Waals surface area (Å²) in [6, 6.07) is 1.81. The molecule has 0 atom stereocenters. The van der Waals surface area contributed by atoms with E-state index in [9.17, 15) is 13.2 Å². The molecular weight excluding hydrogens is 243 g/mol. The molecule has 2 N–H and O–H groups in total. The maximum atomic E-state index is 13.0. The number of anilines is 1. The van der Waals surface area contributed by atoms with Crippen LogP contribution >= 0.6 is 0 Å². The first kappa shape index (κ1) is 12.5. The Balaban J connectivity index is 2.11. The zero-order valence-electron chi connectivity index (χ0n) is 9.94. The van der Waals surface area contributed by atoms with Gasteiger partial charge in [0, 0.05) is 23.5 Å². The van der Waals surface area contributed by atoms with Gasteiger partial charge in [-0.1, -0.05) is 0 Å². The molecule has 18 heavy (non-hydrogen) atoms. The van der Waals surface area contributed by atoms with Crippen LogP contribution in [0.4, 0.5) is 18.9 Å². The van der Waals surface area contributed by atoms with E-state index in [1.54, 1.807) is 0 Å². The second-order valence-electron chi connectivity index (χ2n) is 4.00. The number of aromatic nitrogens is 2. The molecule has 0 aliphatic rings. The largest absolute Gasteiger partial charge is 0.378 e. The predicted molar refractivity (Wildman–Crippen MR) is 61.7 cm³/mol. The Bertz CT molecular complexity index is 535. The predicted octanol–water partition coefficient (Wildman–Crippen LogP) is 3.06. The minimum atomic E-state index is -1.47.